The molecule has 9 heteroatoms. The van der Waals surface area contributed by atoms with Gasteiger partial charge in [-0.1, -0.05) is 24.3 Å². The topological polar surface area (TPSA) is 121 Å². The average Bonchev–Trinajstić information content (AvgIpc) is 2.77. The number of rotatable bonds is 7. The summed E-state index contributed by atoms with van der Waals surface area (Å²) in [5, 5.41) is 14.6. The number of hydrogen-bond acceptors (Lipinski definition) is 7. The molecule has 30 heavy (non-hydrogen) atoms. The average molecular weight is 409 g/mol. The van der Waals surface area contributed by atoms with E-state index in [1.165, 1.54) is 32.5 Å². The predicted molar refractivity (Wildman–Crippen MR) is 108 cm³/mol. The lowest BCUT2D eigenvalue weighted by molar-refractivity contribution is -0.385. The van der Waals surface area contributed by atoms with Gasteiger partial charge in [0.05, 0.1) is 30.2 Å². The van der Waals surface area contributed by atoms with E-state index >= 15 is 0 Å². The summed E-state index contributed by atoms with van der Waals surface area (Å²) in [7, 11) is 2.54. The lowest BCUT2D eigenvalue weighted by Crippen LogP contribution is -2.43. The largest absolute Gasteiger partial charge is 0.490 e. The van der Waals surface area contributed by atoms with Crippen molar-refractivity contribution in [3.05, 3.63) is 76.0 Å². The van der Waals surface area contributed by atoms with Crippen LogP contribution in [0.2, 0.25) is 0 Å². The van der Waals surface area contributed by atoms with Crippen molar-refractivity contribution in [3.63, 3.8) is 0 Å². The Morgan fingerprint density at radius 1 is 1.17 bits per heavy atom. The minimum absolute atomic E-state index is 0.00621. The van der Waals surface area contributed by atoms with Gasteiger partial charge in [0.1, 0.15) is 6.04 Å². The van der Waals surface area contributed by atoms with Crippen LogP contribution in [0.15, 0.2) is 54.7 Å². The molecular weight excluding hydrogens is 390 g/mol. The molecule has 0 unspecified atom stereocenters. The molecular formula is C21H19N3O6. The molecule has 1 heterocycles. The van der Waals surface area contributed by atoms with Gasteiger partial charge in [0.15, 0.2) is 5.75 Å². The third-order valence-corrected chi connectivity index (χ3v) is 4.56. The Kier molecular flexibility index (Phi) is 6.21. The molecule has 2 aromatic carbocycles. The van der Waals surface area contributed by atoms with Crippen molar-refractivity contribution in [2.24, 2.45) is 0 Å². The van der Waals surface area contributed by atoms with Crippen LogP contribution in [0.3, 0.4) is 0 Å². The molecule has 9 nitrogen and oxygen atoms in total. The molecule has 0 aliphatic carbocycles. The van der Waals surface area contributed by atoms with Gasteiger partial charge in [-0.2, -0.15) is 0 Å². The smallest absolute Gasteiger partial charge is 0.328 e. The summed E-state index contributed by atoms with van der Waals surface area (Å²) in [6, 6.07) is 12.0. The maximum absolute atomic E-state index is 12.9. The molecule has 0 saturated carbocycles. The Morgan fingerprint density at radius 2 is 1.93 bits per heavy atom. The second-order valence-electron chi connectivity index (χ2n) is 6.39. The molecule has 3 aromatic rings. The zero-order chi connectivity index (χ0) is 21.7. The molecule has 1 aromatic heterocycles. The van der Waals surface area contributed by atoms with Gasteiger partial charge in [0, 0.05) is 24.1 Å². The number of amides is 1. The molecule has 1 amide bonds. The second-order valence-corrected chi connectivity index (χ2v) is 6.39. The van der Waals surface area contributed by atoms with Crippen LogP contribution in [0, 0.1) is 10.1 Å². The first-order valence-corrected chi connectivity index (χ1v) is 8.98. The lowest BCUT2D eigenvalue weighted by atomic mass is 10.0. The van der Waals surface area contributed by atoms with Crippen LogP contribution in [0.4, 0.5) is 5.69 Å². The van der Waals surface area contributed by atoms with Gasteiger partial charge >= 0.3 is 11.7 Å². The van der Waals surface area contributed by atoms with Gasteiger partial charge in [-0.15, -0.1) is 0 Å². The van der Waals surface area contributed by atoms with E-state index < -0.39 is 22.8 Å². The number of aromatic nitrogens is 1. The maximum Gasteiger partial charge on any atom is 0.328 e. The zero-order valence-electron chi connectivity index (χ0n) is 16.3. The molecule has 1 N–H and O–H groups in total. The molecule has 0 aliphatic rings. The van der Waals surface area contributed by atoms with Crippen LogP contribution in [0.25, 0.3) is 10.9 Å². The van der Waals surface area contributed by atoms with Crippen LogP contribution < -0.4 is 10.1 Å². The van der Waals surface area contributed by atoms with Gasteiger partial charge in [0.2, 0.25) is 0 Å². The maximum atomic E-state index is 12.9. The summed E-state index contributed by atoms with van der Waals surface area (Å²) in [5.41, 5.74) is 1.24. The normalized spacial score (nSPS) is 11.5. The number of fused-ring (bicyclic) bond motifs is 1. The number of nitro groups is 1. The highest BCUT2D eigenvalue weighted by atomic mass is 16.6. The summed E-state index contributed by atoms with van der Waals surface area (Å²) in [6.45, 7) is 0. The fourth-order valence-corrected chi connectivity index (χ4v) is 3.11. The number of hydrogen-bond donors (Lipinski definition) is 1. The first-order chi connectivity index (χ1) is 14.4. The van der Waals surface area contributed by atoms with Crippen molar-refractivity contribution in [1.29, 1.82) is 0 Å². The minimum atomic E-state index is -1.04. The van der Waals surface area contributed by atoms with Gasteiger partial charge in [-0.25, -0.2) is 4.79 Å². The highest BCUT2D eigenvalue weighted by Gasteiger charge is 2.25. The molecule has 0 saturated heterocycles. The summed E-state index contributed by atoms with van der Waals surface area (Å²) >= 11 is 0. The first-order valence-electron chi connectivity index (χ1n) is 8.98. The van der Waals surface area contributed by atoms with Crippen molar-refractivity contribution < 1.29 is 24.0 Å². The SMILES string of the molecule is COC(=O)[C@H](Cc1ccc(OC)c([N+](=O)[O-])c1)NC(=O)c1ccnc2ccccc12. The Balaban J connectivity index is 1.88. The lowest BCUT2D eigenvalue weighted by Gasteiger charge is -2.17. The number of para-hydroxylation sites is 1. The highest BCUT2D eigenvalue weighted by Crippen LogP contribution is 2.28. The molecule has 0 aliphatic heterocycles. The van der Waals surface area contributed by atoms with Crippen LogP contribution in [0.1, 0.15) is 15.9 Å². The number of benzene rings is 2. The van der Waals surface area contributed by atoms with Crippen LogP contribution >= 0.6 is 0 Å². The Bertz CT molecular complexity index is 1110. The number of carbonyl (C=O) groups is 2. The number of methoxy groups -OCH3 is 2. The van der Waals surface area contributed by atoms with Crippen molar-refractivity contribution in [1.82, 2.24) is 10.3 Å². The number of esters is 1. The van der Waals surface area contributed by atoms with E-state index in [1.807, 2.05) is 6.07 Å². The number of nitrogens with one attached hydrogen (secondary N) is 1. The minimum Gasteiger partial charge on any atom is -0.490 e. The van der Waals surface area contributed by atoms with E-state index in [2.05, 4.69) is 10.3 Å². The second kappa shape index (κ2) is 8.99. The van der Waals surface area contributed by atoms with Crippen molar-refractivity contribution in [2.75, 3.05) is 14.2 Å². The van der Waals surface area contributed by atoms with Gasteiger partial charge in [-0.3, -0.25) is 19.9 Å². The Morgan fingerprint density at radius 3 is 2.63 bits per heavy atom. The van der Waals surface area contributed by atoms with Crippen LogP contribution in [-0.2, 0) is 16.0 Å². The van der Waals surface area contributed by atoms with Crippen molar-refractivity contribution >= 4 is 28.5 Å². The number of nitrogens with zero attached hydrogens (tertiary/aromatic N) is 2. The third kappa shape index (κ3) is 4.35. The molecule has 0 spiro atoms. The quantitative estimate of drug-likeness (QED) is 0.362. The number of carbonyl (C=O) groups excluding carboxylic acids is 2. The fraction of sp³-hybridized carbons (Fsp3) is 0.190. The molecule has 0 bridgehead atoms. The van der Waals surface area contributed by atoms with Crippen LogP contribution in [0.5, 0.6) is 5.75 Å². The standard InChI is InChI=1S/C21H19N3O6/c1-29-19-8-7-13(12-18(19)24(27)28)11-17(21(26)30-2)23-20(25)15-9-10-22-16-6-4-3-5-14(15)16/h3-10,12,17H,11H2,1-2H3,(H,23,25)/t17-/m0/s1. The number of nitro benzene ring substituents is 1. The van der Waals surface area contributed by atoms with E-state index in [9.17, 15) is 19.7 Å². The summed E-state index contributed by atoms with van der Waals surface area (Å²) < 4.78 is 9.80. The Labute approximate surface area is 171 Å². The van der Waals surface area contributed by atoms with Gasteiger partial charge < -0.3 is 14.8 Å². The monoisotopic (exact) mass is 409 g/mol. The van der Waals surface area contributed by atoms with E-state index in [0.29, 0.717) is 22.0 Å². The van der Waals surface area contributed by atoms with Crippen LogP contribution in [-0.4, -0.2) is 42.0 Å². The number of pyridine rings is 1. The van der Waals surface area contributed by atoms with E-state index in [0.717, 1.165) is 0 Å². The molecule has 154 valence electrons. The first kappa shape index (κ1) is 20.7. The zero-order valence-corrected chi connectivity index (χ0v) is 16.3. The molecule has 3 rings (SSSR count). The number of ether oxygens (including phenoxy) is 2. The van der Waals surface area contributed by atoms with E-state index in [4.69, 9.17) is 9.47 Å². The summed E-state index contributed by atoms with van der Waals surface area (Å²) in [4.78, 5) is 40.1. The van der Waals surface area contributed by atoms with Gasteiger partial charge in [0.25, 0.3) is 5.91 Å². The fourth-order valence-electron chi connectivity index (χ4n) is 3.11. The van der Waals surface area contributed by atoms with E-state index in [1.54, 1.807) is 30.3 Å². The molecule has 1 atom stereocenters. The summed E-state index contributed by atoms with van der Waals surface area (Å²) in [6.07, 6.45) is 1.52. The Hall–Kier alpha value is -4.01. The predicted octanol–water partition coefficient (Wildman–Crippen LogP) is 2.67. The van der Waals surface area contributed by atoms with Crippen molar-refractivity contribution in [2.45, 2.75) is 12.5 Å². The van der Waals surface area contributed by atoms with Crippen molar-refractivity contribution in [3.8, 4) is 5.75 Å². The third-order valence-electron chi connectivity index (χ3n) is 4.56. The van der Waals surface area contributed by atoms with Gasteiger partial charge in [-0.05, 0) is 23.8 Å². The van der Waals surface area contributed by atoms with E-state index in [-0.39, 0.29) is 17.9 Å². The molecule has 0 fully saturated rings. The highest BCUT2D eigenvalue weighted by molar-refractivity contribution is 6.07. The summed E-state index contributed by atoms with van der Waals surface area (Å²) in [5.74, 6) is -1.04. The molecule has 0 radical (unpaired) electrons.